The Kier molecular flexibility index (Phi) is 5.33. The van der Waals surface area contributed by atoms with Gasteiger partial charge in [-0.05, 0) is 37.2 Å². The number of nitrogens with zero attached hydrogens (tertiary/aromatic N) is 1. The zero-order chi connectivity index (χ0) is 14.4. The van der Waals surface area contributed by atoms with Crippen LogP contribution in [0.4, 0.5) is 0 Å². The van der Waals surface area contributed by atoms with Crippen molar-refractivity contribution in [1.82, 2.24) is 0 Å². The highest BCUT2D eigenvalue weighted by Crippen LogP contribution is 2.22. The molecule has 0 N–H and O–H groups in total. The Bertz CT molecular complexity index is 467. The molecule has 2 rings (SSSR count). The summed E-state index contributed by atoms with van der Waals surface area (Å²) in [6, 6.07) is 9.60. The second kappa shape index (κ2) is 7.22. The zero-order valence-electron chi connectivity index (χ0n) is 12.3. The topological polar surface area (TPSA) is 38.7 Å². The number of carbonyl (C=O) groups is 1. The predicted octanol–water partition coefficient (Wildman–Crippen LogP) is 3.42. The van der Waals surface area contributed by atoms with Gasteiger partial charge in [0, 0.05) is 12.1 Å². The number of aliphatic imine (C=N–C) groups is 1. The van der Waals surface area contributed by atoms with E-state index in [1.807, 2.05) is 30.3 Å². The summed E-state index contributed by atoms with van der Waals surface area (Å²) in [6.07, 6.45) is 5.10. The maximum absolute atomic E-state index is 11.9. The van der Waals surface area contributed by atoms with Crippen molar-refractivity contribution in [2.45, 2.75) is 45.1 Å². The highest BCUT2D eigenvalue weighted by Gasteiger charge is 2.21. The standard InChI is InChI=1S/C17H23NO2/c1-13-7-6-10-15(11-13)18-16(17(19)20-2)12-14-8-4-3-5-9-14/h3-5,8-9,13,16H,6-7,10-12H2,1-2H3/t13-,16-/m1/s1. The Labute approximate surface area is 121 Å². The summed E-state index contributed by atoms with van der Waals surface area (Å²) in [5, 5.41) is 0. The third-order valence-electron chi connectivity index (χ3n) is 3.83. The Morgan fingerprint density at radius 3 is 2.80 bits per heavy atom. The molecule has 0 heterocycles. The third-order valence-corrected chi connectivity index (χ3v) is 3.83. The molecule has 1 aliphatic rings. The van der Waals surface area contributed by atoms with Gasteiger partial charge in [0.05, 0.1) is 7.11 Å². The molecule has 0 aromatic heterocycles. The first-order valence-corrected chi connectivity index (χ1v) is 7.36. The van der Waals surface area contributed by atoms with Crippen LogP contribution in [0.25, 0.3) is 0 Å². The van der Waals surface area contributed by atoms with E-state index in [9.17, 15) is 4.79 Å². The largest absolute Gasteiger partial charge is 0.467 e. The molecule has 0 unspecified atom stereocenters. The molecule has 0 bridgehead atoms. The summed E-state index contributed by atoms with van der Waals surface area (Å²) in [7, 11) is 1.43. The van der Waals surface area contributed by atoms with Gasteiger partial charge >= 0.3 is 5.97 Å². The smallest absolute Gasteiger partial charge is 0.330 e. The van der Waals surface area contributed by atoms with E-state index in [1.165, 1.54) is 25.7 Å². The van der Waals surface area contributed by atoms with Crippen molar-refractivity contribution < 1.29 is 9.53 Å². The molecule has 1 fully saturated rings. The Morgan fingerprint density at radius 2 is 2.15 bits per heavy atom. The highest BCUT2D eigenvalue weighted by atomic mass is 16.5. The molecule has 1 saturated carbocycles. The van der Waals surface area contributed by atoms with Gasteiger partial charge in [-0.25, -0.2) is 4.79 Å². The van der Waals surface area contributed by atoms with Crippen LogP contribution in [-0.2, 0) is 16.0 Å². The molecule has 3 heteroatoms. The molecule has 2 atom stereocenters. The Morgan fingerprint density at radius 1 is 1.40 bits per heavy atom. The van der Waals surface area contributed by atoms with Gasteiger partial charge in [-0.1, -0.05) is 37.3 Å². The van der Waals surface area contributed by atoms with E-state index in [4.69, 9.17) is 9.73 Å². The number of rotatable bonds is 4. The van der Waals surface area contributed by atoms with Crippen molar-refractivity contribution in [1.29, 1.82) is 0 Å². The lowest BCUT2D eigenvalue weighted by molar-refractivity contribution is -0.142. The van der Waals surface area contributed by atoms with Crippen molar-refractivity contribution >= 4 is 11.7 Å². The van der Waals surface area contributed by atoms with Gasteiger partial charge in [0.1, 0.15) is 0 Å². The average molecular weight is 273 g/mol. The Balaban J connectivity index is 2.11. The van der Waals surface area contributed by atoms with Crippen LogP contribution in [0, 0.1) is 5.92 Å². The zero-order valence-corrected chi connectivity index (χ0v) is 12.3. The van der Waals surface area contributed by atoms with Gasteiger partial charge in [-0.3, -0.25) is 4.99 Å². The van der Waals surface area contributed by atoms with Crippen molar-refractivity contribution in [3.8, 4) is 0 Å². The van der Waals surface area contributed by atoms with E-state index in [-0.39, 0.29) is 5.97 Å². The number of methoxy groups -OCH3 is 1. The summed E-state index contributed by atoms with van der Waals surface area (Å²) in [4.78, 5) is 16.6. The molecular formula is C17H23NO2. The fourth-order valence-corrected chi connectivity index (χ4v) is 2.75. The fourth-order valence-electron chi connectivity index (χ4n) is 2.75. The first-order chi connectivity index (χ1) is 9.69. The van der Waals surface area contributed by atoms with E-state index >= 15 is 0 Å². The van der Waals surface area contributed by atoms with Gasteiger partial charge in [0.15, 0.2) is 6.04 Å². The van der Waals surface area contributed by atoms with Crippen molar-refractivity contribution in [3.05, 3.63) is 35.9 Å². The van der Waals surface area contributed by atoms with Crippen molar-refractivity contribution in [2.24, 2.45) is 10.9 Å². The van der Waals surface area contributed by atoms with Crippen LogP contribution in [0.15, 0.2) is 35.3 Å². The van der Waals surface area contributed by atoms with Crippen molar-refractivity contribution in [3.63, 3.8) is 0 Å². The number of esters is 1. The highest BCUT2D eigenvalue weighted by molar-refractivity contribution is 5.88. The van der Waals surface area contributed by atoms with Gasteiger partial charge in [-0.15, -0.1) is 0 Å². The first-order valence-electron chi connectivity index (χ1n) is 7.36. The molecule has 0 amide bonds. The van der Waals surface area contributed by atoms with Gasteiger partial charge in [0.2, 0.25) is 0 Å². The minimum Gasteiger partial charge on any atom is -0.467 e. The molecule has 0 radical (unpaired) electrons. The minimum atomic E-state index is -0.400. The molecule has 0 saturated heterocycles. The summed E-state index contributed by atoms with van der Waals surface area (Å²) in [6.45, 7) is 2.25. The van der Waals surface area contributed by atoms with Crippen molar-refractivity contribution in [2.75, 3.05) is 7.11 Å². The normalized spacial score (nSPS) is 22.5. The number of carbonyl (C=O) groups excluding carboxylic acids is 1. The number of hydrogen-bond donors (Lipinski definition) is 0. The van der Waals surface area contributed by atoms with Crippen LogP contribution in [0.5, 0.6) is 0 Å². The van der Waals surface area contributed by atoms with Crippen LogP contribution in [0.2, 0.25) is 0 Å². The SMILES string of the molecule is COC(=O)[C@@H](Cc1ccccc1)N=C1CCC[C@@H](C)C1. The lowest BCUT2D eigenvalue weighted by Crippen LogP contribution is -2.26. The molecule has 108 valence electrons. The summed E-state index contributed by atoms with van der Waals surface area (Å²) >= 11 is 0. The molecule has 0 spiro atoms. The minimum absolute atomic E-state index is 0.237. The van der Waals surface area contributed by atoms with E-state index in [0.29, 0.717) is 12.3 Å². The molecule has 3 nitrogen and oxygen atoms in total. The second-order valence-corrected chi connectivity index (χ2v) is 5.63. The van der Waals surface area contributed by atoms with Gasteiger partial charge in [0.25, 0.3) is 0 Å². The number of ether oxygens (including phenoxy) is 1. The maximum atomic E-state index is 11.9. The number of hydrogen-bond acceptors (Lipinski definition) is 3. The lowest BCUT2D eigenvalue weighted by atomic mass is 9.89. The molecule has 1 aromatic carbocycles. The predicted molar refractivity (Wildman–Crippen MR) is 81.0 cm³/mol. The lowest BCUT2D eigenvalue weighted by Gasteiger charge is -2.21. The number of benzene rings is 1. The molecular weight excluding hydrogens is 250 g/mol. The summed E-state index contributed by atoms with van der Waals surface area (Å²) in [5.74, 6) is 0.442. The third kappa shape index (κ3) is 4.19. The molecule has 1 aliphatic carbocycles. The van der Waals surface area contributed by atoms with Crippen LogP contribution in [0.1, 0.15) is 38.2 Å². The molecule has 1 aromatic rings. The average Bonchev–Trinajstić information content (AvgIpc) is 2.47. The summed E-state index contributed by atoms with van der Waals surface area (Å²) < 4.78 is 4.91. The van der Waals surface area contributed by atoms with E-state index in [0.717, 1.165) is 18.4 Å². The van der Waals surface area contributed by atoms with Gasteiger partial charge in [-0.2, -0.15) is 0 Å². The maximum Gasteiger partial charge on any atom is 0.330 e. The monoisotopic (exact) mass is 273 g/mol. The molecule has 0 aliphatic heterocycles. The summed E-state index contributed by atoms with van der Waals surface area (Å²) in [5.41, 5.74) is 2.30. The first kappa shape index (κ1) is 14.8. The van der Waals surface area contributed by atoms with Crippen LogP contribution in [0.3, 0.4) is 0 Å². The quantitative estimate of drug-likeness (QED) is 0.788. The van der Waals surface area contributed by atoms with Crippen LogP contribution in [-0.4, -0.2) is 24.8 Å². The Hall–Kier alpha value is -1.64. The second-order valence-electron chi connectivity index (χ2n) is 5.63. The van der Waals surface area contributed by atoms with E-state index in [2.05, 4.69) is 6.92 Å². The van der Waals surface area contributed by atoms with Crippen LogP contribution >= 0.6 is 0 Å². The van der Waals surface area contributed by atoms with E-state index < -0.39 is 6.04 Å². The fraction of sp³-hybridized carbons (Fsp3) is 0.529. The molecule has 20 heavy (non-hydrogen) atoms. The van der Waals surface area contributed by atoms with Gasteiger partial charge < -0.3 is 4.74 Å². The van der Waals surface area contributed by atoms with Crippen LogP contribution < -0.4 is 0 Å². The van der Waals surface area contributed by atoms with E-state index in [1.54, 1.807) is 0 Å².